The number of hydrogen-bond donors (Lipinski definition) is 1. The molecule has 1 unspecified atom stereocenters. The number of hydrogen-bond acceptors (Lipinski definition) is 4. The van der Waals surface area contributed by atoms with Gasteiger partial charge in [0.2, 0.25) is 10.0 Å². The van der Waals surface area contributed by atoms with E-state index in [0.717, 1.165) is 4.47 Å². The Morgan fingerprint density at radius 3 is 2.14 bits per heavy atom. The van der Waals surface area contributed by atoms with Gasteiger partial charge in [0.05, 0.1) is 10.5 Å². The van der Waals surface area contributed by atoms with Crippen molar-refractivity contribution >= 4 is 31.9 Å². The number of rotatable bonds is 4. The van der Waals surface area contributed by atoms with Crippen LogP contribution in [0.2, 0.25) is 0 Å². The van der Waals surface area contributed by atoms with Crippen LogP contribution in [-0.2, 0) is 14.8 Å². The Labute approximate surface area is 137 Å². The molecule has 116 valence electrons. The lowest BCUT2D eigenvalue weighted by Crippen LogP contribution is -2.13. The summed E-state index contributed by atoms with van der Waals surface area (Å²) in [7, 11) is -3.73. The molecule has 0 heterocycles. The Balaban J connectivity index is 2.10. The molecule has 0 aliphatic heterocycles. The summed E-state index contributed by atoms with van der Waals surface area (Å²) in [6.07, 6.45) is -0.509. The van der Waals surface area contributed by atoms with Gasteiger partial charge in [0.15, 0.2) is 0 Å². The summed E-state index contributed by atoms with van der Waals surface area (Å²) in [4.78, 5) is 12.0. The van der Waals surface area contributed by atoms with Gasteiger partial charge in [-0.15, -0.1) is 0 Å². The molecule has 0 aliphatic rings. The fourth-order valence-corrected chi connectivity index (χ4v) is 2.59. The summed E-state index contributed by atoms with van der Waals surface area (Å²) in [5, 5.41) is 5.03. The summed E-state index contributed by atoms with van der Waals surface area (Å²) >= 11 is 3.29. The lowest BCUT2D eigenvalue weighted by atomic mass is 10.1. The fraction of sp³-hybridized carbons (Fsp3) is 0.133. The first kappa shape index (κ1) is 16.7. The maximum Gasteiger partial charge on any atom is 0.338 e. The van der Waals surface area contributed by atoms with E-state index in [4.69, 9.17) is 9.88 Å². The van der Waals surface area contributed by atoms with Crippen LogP contribution in [0.1, 0.15) is 28.9 Å². The van der Waals surface area contributed by atoms with Gasteiger partial charge in [0.1, 0.15) is 6.10 Å². The van der Waals surface area contributed by atoms with E-state index in [-0.39, 0.29) is 4.90 Å². The fourth-order valence-electron chi connectivity index (χ4n) is 1.81. The van der Waals surface area contributed by atoms with Crippen molar-refractivity contribution in [2.75, 3.05) is 0 Å². The van der Waals surface area contributed by atoms with E-state index in [1.165, 1.54) is 12.1 Å². The Morgan fingerprint density at radius 2 is 1.64 bits per heavy atom. The summed E-state index contributed by atoms with van der Waals surface area (Å²) in [5.41, 5.74) is 1.12. The molecule has 22 heavy (non-hydrogen) atoms. The molecule has 0 saturated heterocycles. The quantitative estimate of drug-likeness (QED) is 0.821. The van der Waals surface area contributed by atoms with Crippen LogP contribution in [0.25, 0.3) is 0 Å². The van der Waals surface area contributed by atoms with Gasteiger partial charge in [0, 0.05) is 4.47 Å². The molecule has 0 spiro atoms. The van der Waals surface area contributed by atoms with E-state index in [1.807, 2.05) is 0 Å². The maximum atomic E-state index is 12.0. The van der Waals surface area contributed by atoms with Crippen LogP contribution < -0.4 is 5.14 Å². The van der Waals surface area contributed by atoms with Crippen molar-refractivity contribution in [1.29, 1.82) is 0 Å². The molecule has 0 bridgehead atoms. The standard InChI is InChI=1S/C15H14BrNO4S/c1-10(11-4-8-14(9-5-11)22(17,19)20)21-15(18)12-2-6-13(16)7-3-12/h2-10H,1H3,(H2,17,19,20). The molecular formula is C15H14BrNO4S. The first-order chi connectivity index (χ1) is 10.3. The van der Waals surface area contributed by atoms with Crippen LogP contribution in [0.15, 0.2) is 57.9 Å². The van der Waals surface area contributed by atoms with Gasteiger partial charge in [-0.1, -0.05) is 28.1 Å². The van der Waals surface area contributed by atoms with Crippen molar-refractivity contribution in [1.82, 2.24) is 0 Å². The Kier molecular flexibility index (Phi) is 5.00. The number of halogens is 1. The lowest BCUT2D eigenvalue weighted by Gasteiger charge is -2.14. The van der Waals surface area contributed by atoms with Gasteiger partial charge < -0.3 is 4.74 Å². The molecular weight excluding hydrogens is 370 g/mol. The molecule has 0 saturated carbocycles. The molecule has 1 atom stereocenters. The van der Waals surface area contributed by atoms with Crippen LogP contribution >= 0.6 is 15.9 Å². The third kappa shape index (κ3) is 4.16. The van der Waals surface area contributed by atoms with Gasteiger partial charge in [-0.2, -0.15) is 0 Å². The molecule has 5 nitrogen and oxygen atoms in total. The van der Waals surface area contributed by atoms with Gasteiger partial charge in [-0.05, 0) is 48.9 Å². The molecule has 0 radical (unpaired) electrons. The smallest absolute Gasteiger partial charge is 0.338 e. The Hall–Kier alpha value is -1.70. The third-order valence-corrected chi connectivity index (χ3v) is 4.50. The SMILES string of the molecule is CC(OC(=O)c1ccc(Br)cc1)c1ccc(S(N)(=O)=O)cc1. The zero-order valence-electron chi connectivity index (χ0n) is 11.7. The first-order valence-corrected chi connectivity index (χ1v) is 8.70. The number of carbonyl (C=O) groups excluding carboxylic acids is 1. The first-order valence-electron chi connectivity index (χ1n) is 6.36. The van der Waals surface area contributed by atoms with Gasteiger partial charge in [-0.3, -0.25) is 0 Å². The number of benzene rings is 2. The molecule has 0 aromatic heterocycles. The van der Waals surface area contributed by atoms with E-state index in [2.05, 4.69) is 15.9 Å². The summed E-state index contributed by atoms with van der Waals surface area (Å²) in [5.74, 6) is -0.449. The van der Waals surface area contributed by atoms with E-state index in [1.54, 1.807) is 43.3 Å². The Bertz CT molecular complexity index is 770. The summed E-state index contributed by atoms with van der Waals surface area (Å²) in [6.45, 7) is 1.71. The second-order valence-electron chi connectivity index (χ2n) is 4.67. The number of esters is 1. The molecule has 2 aromatic carbocycles. The summed E-state index contributed by atoms with van der Waals surface area (Å²) in [6, 6.07) is 12.7. The highest BCUT2D eigenvalue weighted by Gasteiger charge is 2.15. The van der Waals surface area contributed by atoms with Crippen LogP contribution in [0.3, 0.4) is 0 Å². The van der Waals surface area contributed by atoms with E-state index in [0.29, 0.717) is 11.1 Å². The minimum absolute atomic E-state index is 0.0164. The Morgan fingerprint density at radius 1 is 1.09 bits per heavy atom. The van der Waals surface area contributed by atoms with Crippen LogP contribution in [-0.4, -0.2) is 14.4 Å². The third-order valence-electron chi connectivity index (χ3n) is 3.04. The largest absolute Gasteiger partial charge is 0.454 e. The molecule has 2 aromatic rings. The number of nitrogens with two attached hydrogens (primary N) is 1. The van der Waals surface area contributed by atoms with Gasteiger partial charge in [-0.25, -0.2) is 18.4 Å². The average Bonchev–Trinajstić information content (AvgIpc) is 2.47. The van der Waals surface area contributed by atoms with Gasteiger partial charge >= 0.3 is 5.97 Å². The van der Waals surface area contributed by atoms with Crippen molar-refractivity contribution in [3.8, 4) is 0 Å². The van der Waals surface area contributed by atoms with E-state index < -0.39 is 22.1 Å². The zero-order chi connectivity index (χ0) is 16.3. The molecule has 0 amide bonds. The molecule has 2 N–H and O–H groups in total. The number of sulfonamides is 1. The van der Waals surface area contributed by atoms with Crippen LogP contribution in [0, 0.1) is 0 Å². The number of carbonyl (C=O) groups is 1. The van der Waals surface area contributed by atoms with Crippen molar-refractivity contribution < 1.29 is 17.9 Å². The predicted molar refractivity (Wildman–Crippen MR) is 85.8 cm³/mol. The second-order valence-corrected chi connectivity index (χ2v) is 7.15. The number of primary sulfonamides is 1. The average molecular weight is 384 g/mol. The highest BCUT2D eigenvalue weighted by Crippen LogP contribution is 2.21. The van der Waals surface area contributed by atoms with Crippen LogP contribution in [0.4, 0.5) is 0 Å². The normalized spacial score (nSPS) is 12.7. The van der Waals surface area contributed by atoms with Crippen molar-refractivity contribution in [3.05, 3.63) is 64.1 Å². The van der Waals surface area contributed by atoms with E-state index >= 15 is 0 Å². The lowest BCUT2D eigenvalue weighted by molar-refractivity contribution is 0.0337. The highest BCUT2D eigenvalue weighted by atomic mass is 79.9. The molecule has 0 aliphatic carbocycles. The monoisotopic (exact) mass is 383 g/mol. The molecule has 7 heteroatoms. The van der Waals surface area contributed by atoms with Crippen molar-refractivity contribution in [3.63, 3.8) is 0 Å². The van der Waals surface area contributed by atoms with Crippen molar-refractivity contribution in [2.24, 2.45) is 5.14 Å². The predicted octanol–water partition coefficient (Wildman–Crippen LogP) is 3.01. The van der Waals surface area contributed by atoms with Gasteiger partial charge in [0.25, 0.3) is 0 Å². The minimum atomic E-state index is -3.73. The van der Waals surface area contributed by atoms with Crippen LogP contribution in [0.5, 0.6) is 0 Å². The van der Waals surface area contributed by atoms with Crippen molar-refractivity contribution in [2.45, 2.75) is 17.9 Å². The second kappa shape index (κ2) is 6.60. The maximum absolute atomic E-state index is 12.0. The topological polar surface area (TPSA) is 86.5 Å². The van der Waals surface area contributed by atoms with E-state index in [9.17, 15) is 13.2 Å². The highest BCUT2D eigenvalue weighted by molar-refractivity contribution is 9.10. The number of ether oxygens (including phenoxy) is 1. The summed E-state index contributed by atoms with van der Waals surface area (Å²) < 4.78 is 28.6. The minimum Gasteiger partial charge on any atom is -0.454 e. The molecule has 2 rings (SSSR count). The zero-order valence-corrected chi connectivity index (χ0v) is 14.1. The molecule has 0 fully saturated rings.